The lowest BCUT2D eigenvalue weighted by molar-refractivity contribution is -0.261. The van der Waals surface area contributed by atoms with Crippen LogP contribution in [-0.4, -0.2) is 62.1 Å². The number of hydrogen-bond acceptors (Lipinski definition) is 9. The molecule has 3 rings (SSSR count). The third-order valence-electron chi connectivity index (χ3n) is 4.50. The van der Waals surface area contributed by atoms with Gasteiger partial charge in [0.1, 0.15) is 36.4 Å². The molecule has 160 valence electrons. The summed E-state index contributed by atoms with van der Waals surface area (Å²) in [6.45, 7) is 6.05. The van der Waals surface area contributed by atoms with Crippen molar-refractivity contribution in [3.8, 4) is 11.5 Å². The van der Waals surface area contributed by atoms with Gasteiger partial charge in [-0.3, -0.25) is 9.59 Å². The second-order valence-corrected chi connectivity index (χ2v) is 7.28. The first kappa shape index (κ1) is 21.4. The van der Waals surface area contributed by atoms with E-state index in [2.05, 4.69) is 0 Å². The molecular weight excluding hydrogens is 384 g/mol. The van der Waals surface area contributed by atoms with Gasteiger partial charge in [0.05, 0.1) is 7.11 Å². The van der Waals surface area contributed by atoms with Crippen LogP contribution >= 0.6 is 0 Å². The Morgan fingerprint density at radius 2 is 1.62 bits per heavy atom. The van der Waals surface area contributed by atoms with Crippen LogP contribution in [0.1, 0.15) is 27.7 Å². The topological polar surface area (TPSA) is 98.8 Å². The lowest BCUT2D eigenvalue weighted by Crippen LogP contribution is -2.60. The highest BCUT2D eigenvalue weighted by molar-refractivity contribution is 5.66. The van der Waals surface area contributed by atoms with E-state index in [0.29, 0.717) is 11.5 Å². The third-order valence-corrected chi connectivity index (χ3v) is 4.50. The molecule has 2 saturated heterocycles. The molecule has 0 aliphatic carbocycles. The smallest absolute Gasteiger partial charge is 0.303 e. The van der Waals surface area contributed by atoms with E-state index in [1.54, 1.807) is 45.2 Å². The van der Waals surface area contributed by atoms with Crippen molar-refractivity contribution in [1.82, 2.24) is 0 Å². The van der Waals surface area contributed by atoms with Crippen LogP contribution in [0.5, 0.6) is 11.5 Å². The molecule has 0 spiro atoms. The molecule has 1 aromatic carbocycles. The Labute approximate surface area is 169 Å². The van der Waals surface area contributed by atoms with Gasteiger partial charge in [-0.1, -0.05) is 0 Å². The van der Waals surface area contributed by atoms with Crippen molar-refractivity contribution < 1.29 is 42.7 Å². The monoisotopic (exact) mass is 410 g/mol. The summed E-state index contributed by atoms with van der Waals surface area (Å²) in [6, 6.07) is 6.87. The van der Waals surface area contributed by atoms with Crippen LogP contribution in [0.4, 0.5) is 0 Å². The van der Waals surface area contributed by atoms with Crippen LogP contribution in [0.25, 0.3) is 0 Å². The van der Waals surface area contributed by atoms with Gasteiger partial charge in [0.15, 0.2) is 11.9 Å². The predicted molar refractivity (Wildman–Crippen MR) is 98.3 cm³/mol. The van der Waals surface area contributed by atoms with E-state index in [-0.39, 0.29) is 6.61 Å². The highest BCUT2D eigenvalue weighted by Gasteiger charge is 2.57. The average molecular weight is 410 g/mol. The molecule has 5 atom stereocenters. The van der Waals surface area contributed by atoms with E-state index < -0.39 is 48.4 Å². The van der Waals surface area contributed by atoms with Gasteiger partial charge >= 0.3 is 11.9 Å². The summed E-state index contributed by atoms with van der Waals surface area (Å²) >= 11 is 0. The Morgan fingerprint density at radius 1 is 1.00 bits per heavy atom. The number of carbonyl (C=O) groups excluding carboxylic acids is 2. The van der Waals surface area contributed by atoms with Gasteiger partial charge in [0.25, 0.3) is 0 Å². The number of methoxy groups -OCH3 is 1. The van der Waals surface area contributed by atoms with Gasteiger partial charge in [-0.2, -0.15) is 0 Å². The zero-order valence-electron chi connectivity index (χ0n) is 17.1. The Bertz CT molecular complexity index is 730. The van der Waals surface area contributed by atoms with Gasteiger partial charge in [-0.25, -0.2) is 0 Å². The van der Waals surface area contributed by atoms with Crippen LogP contribution in [0.15, 0.2) is 24.3 Å². The molecule has 1 aromatic rings. The third kappa shape index (κ3) is 5.17. The van der Waals surface area contributed by atoms with Gasteiger partial charge in [0, 0.05) is 13.8 Å². The normalized spacial score (nSPS) is 30.2. The van der Waals surface area contributed by atoms with E-state index in [9.17, 15) is 9.59 Å². The van der Waals surface area contributed by atoms with E-state index in [1.807, 2.05) is 0 Å². The zero-order valence-corrected chi connectivity index (χ0v) is 17.1. The van der Waals surface area contributed by atoms with Gasteiger partial charge in [-0.15, -0.1) is 0 Å². The molecule has 0 radical (unpaired) electrons. The molecule has 0 N–H and O–H groups in total. The van der Waals surface area contributed by atoms with Crippen molar-refractivity contribution in [2.45, 2.75) is 64.2 Å². The van der Waals surface area contributed by atoms with E-state index in [4.69, 9.17) is 33.2 Å². The minimum absolute atomic E-state index is 0.0504. The van der Waals surface area contributed by atoms with Crippen molar-refractivity contribution in [2.75, 3.05) is 13.7 Å². The molecule has 2 aliphatic rings. The zero-order chi connectivity index (χ0) is 21.2. The summed E-state index contributed by atoms with van der Waals surface area (Å²) in [5, 5.41) is 0. The van der Waals surface area contributed by atoms with Crippen molar-refractivity contribution in [3.63, 3.8) is 0 Å². The minimum atomic E-state index is -0.994. The lowest BCUT2D eigenvalue weighted by atomic mass is 9.99. The number of ether oxygens (including phenoxy) is 7. The number of fused-ring (bicyclic) bond motifs is 1. The number of carbonyl (C=O) groups is 2. The summed E-state index contributed by atoms with van der Waals surface area (Å²) < 4.78 is 39.6. The summed E-state index contributed by atoms with van der Waals surface area (Å²) in [5.41, 5.74) is 0. The van der Waals surface area contributed by atoms with E-state index in [0.717, 1.165) is 0 Å². The number of hydrogen-bond donors (Lipinski definition) is 0. The summed E-state index contributed by atoms with van der Waals surface area (Å²) in [4.78, 5) is 23.0. The Morgan fingerprint density at radius 3 is 2.21 bits per heavy atom. The SMILES string of the molecule is COc1ccc(O[C@@H]2O[C@H](COC(C)=O)[C@@H]3OC(C)(C)O[C@@H]3[C@H]2OC(C)=O)cc1. The maximum atomic E-state index is 11.7. The van der Waals surface area contributed by atoms with Gasteiger partial charge in [0.2, 0.25) is 6.29 Å². The Balaban J connectivity index is 1.85. The second kappa shape index (κ2) is 8.56. The first-order valence-corrected chi connectivity index (χ1v) is 9.31. The fraction of sp³-hybridized carbons (Fsp3) is 0.600. The highest BCUT2D eigenvalue weighted by Crippen LogP contribution is 2.39. The second-order valence-electron chi connectivity index (χ2n) is 7.28. The summed E-state index contributed by atoms with van der Waals surface area (Å²) in [6.07, 6.45) is -3.81. The van der Waals surface area contributed by atoms with Gasteiger partial charge in [-0.05, 0) is 38.1 Å². The standard InChI is InChI=1S/C20H26O9/c1-11(21)24-10-15-16-17(29-20(3,4)28-16)18(25-12(2)22)19(27-15)26-14-8-6-13(23-5)7-9-14/h6-9,15-19H,10H2,1-5H3/t15-,16+,17+,18-,19-/m1/s1. The molecule has 0 amide bonds. The molecule has 0 aromatic heterocycles. The maximum absolute atomic E-state index is 11.7. The average Bonchev–Trinajstić information content (AvgIpc) is 2.98. The first-order chi connectivity index (χ1) is 13.7. The quantitative estimate of drug-likeness (QED) is 0.650. The maximum Gasteiger partial charge on any atom is 0.303 e. The fourth-order valence-electron chi connectivity index (χ4n) is 3.37. The van der Waals surface area contributed by atoms with Crippen molar-refractivity contribution in [3.05, 3.63) is 24.3 Å². The molecule has 2 heterocycles. The molecular formula is C20H26O9. The minimum Gasteiger partial charge on any atom is -0.497 e. The fourth-order valence-corrected chi connectivity index (χ4v) is 3.37. The molecule has 9 nitrogen and oxygen atoms in total. The summed E-state index contributed by atoms with van der Waals surface area (Å²) in [7, 11) is 1.57. The van der Waals surface area contributed by atoms with Crippen molar-refractivity contribution in [2.24, 2.45) is 0 Å². The summed E-state index contributed by atoms with van der Waals surface area (Å²) in [5.74, 6) is -0.734. The van der Waals surface area contributed by atoms with Crippen LogP contribution in [0.2, 0.25) is 0 Å². The van der Waals surface area contributed by atoms with Crippen LogP contribution < -0.4 is 9.47 Å². The number of esters is 2. The van der Waals surface area contributed by atoms with Gasteiger partial charge < -0.3 is 33.2 Å². The van der Waals surface area contributed by atoms with Crippen LogP contribution in [-0.2, 0) is 33.3 Å². The molecule has 2 aliphatic heterocycles. The van der Waals surface area contributed by atoms with Crippen molar-refractivity contribution >= 4 is 11.9 Å². The highest BCUT2D eigenvalue weighted by atomic mass is 16.8. The number of rotatable bonds is 6. The molecule has 0 unspecified atom stereocenters. The largest absolute Gasteiger partial charge is 0.497 e. The van der Waals surface area contributed by atoms with Crippen molar-refractivity contribution in [1.29, 1.82) is 0 Å². The molecule has 9 heteroatoms. The molecule has 0 bridgehead atoms. The Kier molecular flexibility index (Phi) is 6.30. The van der Waals surface area contributed by atoms with E-state index >= 15 is 0 Å². The lowest BCUT2D eigenvalue weighted by Gasteiger charge is -2.40. The number of benzene rings is 1. The first-order valence-electron chi connectivity index (χ1n) is 9.31. The van der Waals surface area contributed by atoms with Crippen LogP contribution in [0, 0.1) is 0 Å². The van der Waals surface area contributed by atoms with Crippen LogP contribution in [0.3, 0.4) is 0 Å². The molecule has 0 saturated carbocycles. The van der Waals surface area contributed by atoms with E-state index in [1.165, 1.54) is 13.8 Å². The molecule has 29 heavy (non-hydrogen) atoms. The Hall–Kier alpha value is -2.36. The predicted octanol–water partition coefficient (Wildman–Crippen LogP) is 1.81. The molecule has 2 fully saturated rings.